The van der Waals surface area contributed by atoms with Crippen molar-refractivity contribution in [1.82, 2.24) is 9.03 Å². The highest BCUT2D eigenvalue weighted by Crippen LogP contribution is 1.98. The second-order valence-corrected chi connectivity index (χ2v) is 4.82. The first kappa shape index (κ1) is 14.2. The number of hydrogen-bond donors (Lipinski definition) is 1. The first-order valence-corrected chi connectivity index (χ1v) is 6.26. The zero-order valence-electron chi connectivity index (χ0n) is 9.48. The minimum Gasteiger partial charge on any atom is -0.446 e. The number of rotatable bonds is 5. The summed E-state index contributed by atoms with van der Waals surface area (Å²) in [6, 6.07) is 0. The van der Waals surface area contributed by atoms with Crippen molar-refractivity contribution in [3.05, 3.63) is 0 Å². The van der Waals surface area contributed by atoms with Crippen molar-refractivity contribution in [2.45, 2.75) is 33.8 Å². The number of amides is 1. The molecule has 0 rings (SSSR count). The third-order valence-corrected chi connectivity index (χ3v) is 3.22. The van der Waals surface area contributed by atoms with E-state index in [2.05, 4.69) is 4.74 Å². The standard InChI is InChI=1S/C8H18N2O4S/c1-5-10(6-2)15(12,13)9-8(11)14-7(3)4/h7H,5-6H2,1-4H3,(H,9,11). The Hall–Kier alpha value is -0.820. The molecule has 0 atom stereocenters. The molecule has 0 aliphatic heterocycles. The van der Waals surface area contributed by atoms with Gasteiger partial charge in [0.25, 0.3) is 0 Å². The van der Waals surface area contributed by atoms with Crippen molar-refractivity contribution < 1.29 is 17.9 Å². The molecule has 6 nitrogen and oxygen atoms in total. The van der Waals surface area contributed by atoms with Crippen LogP contribution in [0.4, 0.5) is 4.79 Å². The minimum atomic E-state index is -3.76. The van der Waals surface area contributed by atoms with E-state index in [9.17, 15) is 13.2 Å². The Morgan fingerprint density at radius 2 is 1.80 bits per heavy atom. The van der Waals surface area contributed by atoms with E-state index in [1.807, 2.05) is 4.72 Å². The quantitative estimate of drug-likeness (QED) is 0.765. The zero-order chi connectivity index (χ0) is 12.1. The molecule has 7 heteroatoms. The zero-order valence-corrected chi connectivity index (χ0v) is 10.3. The monoisotopic (exact) mass is 238 g/mol. The Kier molecular flexibility index (Phi) is 5.59. The van der Waals surface area contributed by atoms with E-state index in [-0.39, 0.29) is 6.10 Å². The van der Waals surface area contributed by atoms with Crippen LogP contribution in [0.15, 0.2) is 0 Å². The average Bonchev–Trinajstić information content (AvgIpc) is 2.02. The number of ether oxygens (including phenoxy) is 1. The van der Waals surface area contributed by atoms with Crippen molar-refractivity contribution in [3.8, 4) is 0 Å². The van der Waals surface area contributed by atoms with Crippen LogP contribution in [0.3, 0.4) is 0 Å². The van der Waals surface area contributed by atoms with E-state index < -0.39 is 16.3 Å². The lowest BCUT2D eigenvalue weighted by Crippen LogP contribution is -2.44. The van der Waals surface area contributed by atoms with Gasteiger partial charge in [-0.2, -0.15) is 12.7 Å². The lowest BCUT2D eigenvalue weighted by atomic mass is 10.5. The molecule has 1 N–H and O–H groups in total. The maximum Gasteiger partial charge on any atom is 0.422 e. The van der Waals surface area contributed by atoms with Gasteiger partial charge in [-0.3, -0.25) is 0 Å². The van der Waals surface area contributed by atoms with E-state index in [1.165, 1.54) is 0 Å². The minimum absolute atomic E-state index is 0.306. The topological polar surface area (TPSA) is 75.7 Å². The molecule has 0 fully saturated rings. The molecule has 0 spiro atoms. The number of carbonyl (C=O) groups excluding carboxylic acids is 1. The van der Waals surface area contributed by atoms with Gasteiger partial charge in [0.1, 0.15) is 0 Å². The summed E-state index contributed by atoms with van der Waals surface area (Å²) in [5.41, 5.74) is 0. The van der Waals surface area contributed by atoms with Crippen LogP contribution >= 0.6 is 0 Å². The third kappa shape index (κ3) is 4.98. The van der Waals surface area contributed by atoms with Crippen LogP contribution < -0.4 is 4.72 Å². The van der Waals surface area contributed by atoms with E-state index >= 15 is 0 Å². The molecular weight excluding hydrogens is 220 g/mol. The molecule has 0 aromatic heterocycles. The summed E-state index contributed by atoms with van der Waals surface area (Å²) in [7, 11) is -3.76. The Labute approximate surface area is 90.8 Å². The Morgan fingerprint density at radius 3 is 2.13 bits per heavy atom. The SMILES string of the molecule is CCN(CC)S(=O)(=O)NC(=O)OC(C)C. The van der Waals surface area contributed by atoms with Gasteiger partial charge in [0.2, 0.25) is 0 Å². The molecule has 0 bridgehead atoms. The molecular formula is C8H18N2O4S. The molecule has 15 heavy (non-hydrogen) atoms. The second-order valence-electron chi connectivity index (χ2n) is 3.15. The summed E-state index contributed by atoms with van der Waals surface area (Å²) in [5.74, 6) is 0. The van der Waals surface area contributed by atoms with E-state index in [1.54, 1.807) is 27.7 Å². The van der Waals surface area contributed by atoms with Gasteiger partial charge in [0, 0.05) is 13.1 Å². The Balaban J connectivity index is 4.44. The summed E-state index contributed by atoms with van der Waals surface area (Å²) in [6.07, 6.45) is -1.30. The molecule has 0 aliphatic carbocycles. The van der Waals surface area contributed by atoms with E-state index in [0.717, 1.165) is 4.31 Å². The van der Waals surface area contributed by atoms with Crippen molar-refractivity contribution in [1.29, 1.82) is 0 Å². The largest absolute Gasteiger partial charge is 0.446 e. The predicted octanol–water partition coefficient (Wildman–Crippen LogP) is 0.708. The maximum absolute atomic E-state index is 11.5. The smallest absolute Gasteiger partial charge is 0.422 e. The summed E-state index contributed by atoms with van der Waals surface area (Å²) in [6.45, 7) is 7.28. The number of nitrogens with one attached hydrogen (secondary N) is 1. The molecule has 0 aromatic carbocycles. The molecule has 0 saturated carbocycles. The van der Waals surface area contributed by atoms with Crippen LogP contribution in [0.5, 0.6) is 0 Å². The molecule has 0 radical (unpaired) electrons. The van der Waals surface area contributed by atoms with Gasteiger partial charge in [-0.1, -0.05) is 13.8 Å². The van der Waals surface area contributed by atoms with Crippen molar-refractivity contribution in [2.75, 3.05) is 13.1 Å². The average molecular weight is 238 g/mol. The fourth-order valence-corrected chi connectivity index (χ4v) is 2.04. The molecule has 0 aromatic rings. The Bertz CT molecular complexity index is 296. The predicted molar refractivity (Wildman–Crippen MR) is 56.6 cm³/mol. The van der Waals surface area contributed by atoms with E-state index in [4.69, 9.17) is 0 Å². The van der Waals surface area contributed by atoms with Gasteiger partial charge < -0.3 is 4.74 Å². The van der Waals surface area contributed by atoms with Crippen LogP contribution in [-0.4, -0.2) is 38.0 Å². The van der Waals surface area contributed by atoms with Crippen LogP contribution in [0.1, 0.15) is 27.7 Å². The number of carbonyl (C=O) groups is 1. The van der Waals surface area contributed by atoms with Gasteiger partial charge in [0.15, 0.2) is 0 Å². The summed E-state index contributed by atoms with van der Waals surface area (Å²) in [4.78, 5) is 11.1. The molecule has 0 heterocycles. The van der Waals surface area contributed by atoms with Gasteiger partial charge in [0.05, 0.1) is 6.10 Å². The molecule has 1 amide bonds. The summed E-state index contributed by atoms with van der Waals surface area (Å²) in [5, 5.41) is 0. The Morgan fingerprint density at radius 1 is 1.33 bits per heavy atom. The normalized spacial score (nSPS) is 11.9. The van der Waals surface area contributed by atoms with Crippen molar-refractivity contribution in [2.24, 2.45) is 0 Å². The number of nitrogens with zero attached hydrogens (tertiary/aromatic N) is 1. The third-order valence-electron chi connectivity index (χ3n) is 1.60. The summed E-state index contributed by atoms with van der Waals surface area (Å²) < 4.78 is 30.6. The first-order valence-electron chi connectivity index (χ1n) is 4.82. The second kappa shape index (κ2) is 5.92. The fraction of sp³-hybridized carbons (Fsp3) is 0.875. The van der Waals surface area contributed by atoms with E-state index in [0.29, 0.717) is 13.1 Å². The van der Waals surface area contributed by atoms with Crippen LogP contribution in [0.2, 0.25) is 0 Å². The molecule has 0 saturated heterocycles. The van der Waals surface area contributed by atoms with Crippen molar-refractivity contribution in [3.63, 3.8) is 0 Å². The lowest BCUT2D eigenvalue weighted by Gasteiger charge is -2.18. The lowest BCUT2D eigenvalue weighted by molar-refractivity contribution is 0.121. The van der Waals surface area contributed by atoms with Gasteiger partial charge in [-0.15, -0.1) is 0 Å². The van der Waals surface area contributed by atoms with Crippen LogP contribution in [-0.2, 0) is 14.9 Å². The first-order chi connectivity index (χ1) is 6.83. The molecule has 90 valence electrons. The maximum atomic E-state index is 11.5. The highest BCUT2D eigenvalue weighted by atomic mass is 32.2. The fourth-order valence-electron chi connectivity index (χ4n) is 0.972. The molecule has 0 unspecified atom stereocenters. The number of hydrogen-bond acceptors (Lipinski definition) is 4. The van der Waals surface area contributed by atoms with Gasteiger partial charge in [-0.05, 0) is 13.8 Å². The highest BCUT2D eigenvalue weighted by molar-refractivity contribution is 7.87. The highest BCUT2D eigenvalue weighted by Gasteiger charge is 2.22. The van der Waals surface area contributed by atoms with Crippen LogP contribution in [0, 0.1) is 0 Å². The van der Waals surface area contributed by atoms with Gasteiger partial charge >= 0.3 is 16.3 Å². The summed E-state index contributed by atoms with van der Waals surface area (Å²) >= 11 is 0. The molecule has 0 aliphatic rings. The van der Waals surface area contributed by atoms with Crippen molar-refractivity contribution >= 4 is 16.3 Å². The van der Waals surface area contributed by atoms with Crippen LogP contribution in [0.25, 0.3) is 0 Å². The van der Waals surface area contributed by atoms with Gasteiger partial charge in [-0.25, -0.2) is 9.52 Å².